The van der Waals surface area contributed by atoms with E-state index >= 15 is 0 Å². The van der Waals surface area contributed by atoms with Gasteiger partial charge in [-0.25, -0.2) is 0 Å². The Morgan fingerprint density at radius 2 is 1.06 bits per heavy atom. The molecule has 0 aliphatic heterocycles. The largest absolute Gasteiger partial charge is 0.395 e. The quantitative estimate of drug-likeness (QED) is 0.354. The van der Waals surface area contributed by atoms with Gasteiger partial charge < -0.3 is 9.05 Å². The van der Waals surface area contributed by atoms with Gasteiger partial charge in [-0.05, 0) is 60.1 Å². The summed E-state index contributed by atoms with van der Waals surface area (Å²) in [5.41, 5.74) is 3.38. The highest BCUT2D eigenvalue weighted by Crippen LogP contribution is 2.48. The normalized spacial score (nSPS) is 23.2. The molecule has 34 heavy (non-hydrogen) atoms. The van der Waals surface area contributed by atoms with Crippen LogP contribution in [0.15, 0.2) is 45.8 Å². The number of benzene rings is 1. The minimum Gasteiger partial charge on any atom is -0.364 e. The van der Waals surface area contributed by atoms with Gasteiger partial charge in [-0.3, -0.25) is 0 Å². The molecular formula is C24H18F6N2O2. The lowest BCUT2D eigenvalue weighted by atomic mass is 9.83. The number of aromatic nitrogens is 2. The van der Waals surface area contributed by atoms with Crippen molar-refractivity contribution in [2.45, 2.75) is 49.9 Å². The predicted molar refractivity (Wildman–Crippen MR) is 111 cm³/mol. The molecule has 2 unspecified atom stereocenters. The zero-order chi connectivity index (χ0) is 24.1. The predicted octanol–water partition coefficient (Wildman–Crippen LogP) is 7.62. The van der Waals surface area contributed by atoms with Crippen LogP contribution < -0.4 is 0 Å². The third-order valence-corrected chi connectivity index (χ3v) is 6.37. The maximum atomic E-state index is 13.3. The number of alkyl halides is 6. The second kappa shape index (κ2) is 8.18. The Kier molecular flexibility index (Phi) is 5.41. The van der Waals surface area contributed by atoms with Crippen LogP contribution in [0.4, 0.5) is 26.3 Å². The van der Waals surface area contributed by atoms with Crippen LogP contribution in [0.1, 0.15) is 71.2 Å². The summed E-state index contributed by atoms with van der Waals surface area (Å²) in [7, 11) is 0. The smallest absolute Gasteiger partial charge is 0.364 e. The SMILES string of the molecule is FC(F)(F)C1CCC(=Cc2ccc(C=C3CCC(C(F)(F)F)c4conc43)cc2)c2nocc21. The average molecular weight is 480 g/mol. The molecule has 0 radical (unpaired) electrons. The molecule has 4 nitrogen and oxygen atoms in total. The molecule has 0 bridgehead atoms. The molecule has 178 valence electrons. The van der Waals surface area contributed by atoms with Crippen LogP contribution in [-0.2, 0) is 0 Å². The maximum absolute atomic E-state index is 13.3. The van der Waals surface area contributed by atoms with E-state index in [2.05, 4.69) is 10.3 Å². The van der Waals surface area contributed by atoms with Crippen molar-refractivity contribution in [3.05, 3.63) is 70.4 Å². The number of hydrogen-bond acceptors (Lipinski definition) is 4. The fraction of sp³-hybridized carbons (Fsp3) is 0.333. The highest BCUT2D eigenvalue weighted by molar-refractivity contribution is 5.84. The number of allylic oxidation sites excluding steroid dienone is 2. The maximum Gasteiger partial charge on any atom is 0.395 e. The molecule has 0 saturated carbocycles. The first-order valence-corrected chi connectivity index (χ1v) is 10.6. The molecule has 2 aromatic heterocycles. The molecule has 0 N–H and O–H groups in total. The van der Waals surface area contributed by atoms with Crippen molar-refractivity contribution in [3.63, 3.8) is 0 Å². The highest BCUT2D eigenvalue weighted by Gasteiger charge is 2.46. The average Bonchev–Trinajstić information content (AvgIpc) is 3.44. The monoisotopic (exact) mass is 480 g/mol. The van der Waals surface area contributed by atoms with Crippen molar-refractivity contribution in [1.29, 1.82) is 0 Å². The minimum atomic E-state index is -4.36. The molecule has 5 rings (SSSR count). The fourth-order valence-electron chi connectivity index (χ4n) is 4.67. The van der Waals surface area contributed by atoms with Gasteiger partial charge in [0.2, 0.25) is 0 Å². The van der Waals surface area contributed by atoms with E-state index in [9.17, 15) is 26.3 Å². The molecular weight excluding hydrogens is 462 g/mol. The Labute approximate surface area is 189 Å². The first kappa shape index (κ1) is 22.5. The Morgan fingerprint density at radius 3 is 1.41 bits per heavy atom. The Bertz CT molecular complexity index is 1150. The molecule has 0 fully saturated rings. The van der Waals surface area contributed by atoms with Crippen molar-refractivity contribution in [2.75, 3.05) is 0 Å². The van der Waals surface area contributed by atoms with E-state index in [4.69, 9.17) is 9.05 Å². The third-order valence-electron chi connectivity index (χ3n) is 6.37. The van der Waals surface area contributed by atoms with Crippen LogP contribution in [-0.4, -0.2) is 22.7 Å². The van der Waals surface area contributed by atoms with Gasteiger partial charge in [0.1, 0.15) is 23.9 Å². The lowest BCUT2D eigenvalue weighted by Crippen LogP contribution is -2.24. The summed E-state index contributed by atoms with van der Waals surface area (Å²) in [5.74, 6) is -3.18. The molecule has 2 aliphatic carbocycles. The summed E-state index contributed by atoms with van der Waals surface area (Å²) in [6.07, 6.45) is -2.78. The molecule has 2 heterocycles. The second-order valence-corrected chi connectivity index (χ2v) is 8.51. The van der Waals surface area contributed by atoms with E-state index < -0.39 is 24.2 Å². The lowest BCUT2D eigenvalue weighted by molar-refractivity contribution is -0.153. The fourth-order valence-corrected chi connectivity index (χ4v) is 4.67. The van der Waals surface area contributed by atoms with E-state index in [1.54, 1.807) is 36.4 Å². The molecule has 3 aromatic rings. The first-order chi connectivity index (χ1) is 16.1. The molecule has 2 aliphatic rings. The number of fused-ring (bicyclic) bond motifs is 2. The van der Waals surface area contributed by atoms with E-state index in [-0.39, 0.29) is 48.2 Å². The second-order valence-electron chi connectivity index (χ2n) is 8.51. The molecule has 10 heteroatoms. The third kappa shape index (κ3) is 4.17. The number of rotatable bonds is 2. The molecule has 0 amide bonds. The van der Waals surface area contributed by atoms with Gasteiger partial charge in [0.25, 0.3) is 0 Å². The van der Waals surface area contributed by atoms with E-state index in [1.807, 2.05) is 0 Å². The van der Waals surface area contributed by atoms with Gasteiger partial charge in [-0.15, -0.1) is 0 Å². The van der Waals surface area contributed by atoms with Crippen LogP contribution in [0.25, 0.3) is 23.3 Å². The Hall–Kier alpha value is -3.30. The number of nitrogens with zero attached hydrogens (tertiary/aromatic N) is 2. The zero-order valence-corrected chi connectivity index (χ0v) is 17.6. The van der Waals surface area contributed by atoms with Crippen LogP contribution in [0.2, 0.25) is 0 Å². The van der Waals surface area contributed by atoms with Crippen LogP contribution in [0.3, 0.4) is 0 Å². The Morgan fingerprint density at radius 1 is 0.676 bits per heavy atom. The van der Waals surface area contributed by atoms with Gasteiger partial charge in [-0.1, -0.05) is 34.6 Å². The molecule has 0 saturated heterocycles. The van der Waals surface area contributed by atoms with E-state index in [1.165, 1.54) is 0 Å². The van der Waals surface area contributed by atoms with Crippen molar-refractivity contribution >= 4 is 23.3 Å². The summed E-state index contributed by atoms with van der Waals surface area (Å²) in [6, 6.07) is 7.17. The van der Waals surface area contributed by atoms with Gasteiger partial charge in [0, 0.05) is 11.1 Å². The minimum absolute atomic E-state index is 0.0456. The summed E-state index contributed by atoms with van der Waals surface area (Å²) in [5, 5.41) is 7.57. The van der Waals surface area contributed by atoms with Crippen LogP contribution in [0, 0.1) is 0 Å². The highest BCUT2D eigenvalue weighted by atomic mass is 19.4. The Balaban J connectivity index is 1.38. The molecule has 2 atom stereocenters. The van der Waals surface area contributed by atoms with Gasteiger partial charge >= 0.3 is 12.4 Å². The van der Waals surface area contributed by atoms with E-state index in [0.29, 0.717) is 11.1 Å². The molecule has 0 spiro atoms. The van der Waals surface area contributed by atoms with Gasteiger partial charge in [-0.2, -0.15) is 26.3 Å². The molecule has 1 aromatic carbocycles. The van der Waals surface area contributed by atoms with Crippen LogP contribution >= 0.6 is 0 Å². The summed E-state index contributed by atoms with van der Waals surface area (Å²) in [6.45, 7) is 0. The summed E-state index contributed by atoms with van der Waals surface area (Å²) < 4.78 is 89.3. The number of hydrogen-bond donors (Lipinski definition) is 0. The standard InChI is InChI=1S/C24H18F6N2O2/c25-23(26,27)19-7-5-15(21-17(19)11-33-31-21)9-13-1-2-14(4-3-13)10-16-6-8-20(24(28,29)30)18-12-34-32-22(16)18/h1-4,9-12,19-20H,5-8H2. The number of halogens is 6. The summed E-state index contributed by atoms with van der Waals surface area (Å²) in [4.78, 5) is 0. The van der Waals surface area contributed by atoms with Crippen molar-refractivity contribution < 1.29 is 35.4 Å². The van der Waals surface area contributed by atoms with Crippen LogP contribution in [0.5, 0.6) is 0 Å². The zero-order valence-electron chi connectivity index (χ0n) is 17.6. The topological polar surface area (TPSA) is 52.1 Å². The van der Waals surface area contributed by atoms with Crippen molar-refractivity contribution in [2.24, 2.45) is 0 Å². The lowest BCUT2D eigenvalue weighted by Gasteiger charge is -2.25. The first-order valence-electron chi connectivity index (χ1n) is 10.6. The summed E-state index contributed by atoms with van der Waals surface area (Å²) >= 11 is 0. The van der Waals surface area contributed by atoms with Crippen molar-refractivity contribution in [3.8, 4) is 0 Å². The van der Waals surface area contributed by atoms with Crippen molar-refractivity contribution in [1.82, 2.24) is 10.3 Å². The van der Waals surface area contributed by atoms with Gasteiger partial charge in [0.15, 0.2) is 0 Å². The van der Waals surface area contributed by atoms with Gasteiger partial charge in [0.05, 0.1) is 11.8 Å². The van der Waals surface area contributed by atoms with E-state index in [0.717, 1.165) is 23.7 Å².